The third kappa shape index (κ3) is 6.91. The van der Waals surface area contributed by atoms with Gasteiger partial charge in [-0.1, -0.05) is 44.2 Å². The van der Waals surface area contributed by atoms with E-state index in [1.165, 1.54) is 0 Å². The molecule has 0 aliphatic rings. The highest BCUT2D eigenvalue weighted by atomic mass is 16.5. The van der Waals surface area contributed by atoms with Gasteiger partial charge in [0.05, 0.1) is 0 Å². The first-order valence-corrected chi connectivity index (χ1v) is 10.1. The molecule has 29 heavy (non-hydrogen) atoms. The van der Waals surface area contributed by atoms with Crippen molar-refractivity contribution >= 4 is 11.8 Å². The number of carbonyl (C=O) groups is 2. The van der Waals surface area contributed by atoms with Crippen LogP contribution in [0.1, 0.15) is 49.2 Å². The minimum Gasteiger partial charge on any atom is -0.483 e. The number of ether oxygens (including phenoxy) is 1. The number of rotatable bonds is 9. The van der Waals surface area contributed by atoms with E-state index in [1.54, 1.807) is 12.1 Å². The molecule has 6 nitrogen and oxygen atoms in total. The molecule has 2 N–H and O–H groups in total. The van der Waals surface area contributed by atoms with Gasteiger partial charge in [0.1, 0.15) is 5.75 Å². The minimum atomic E-state index is -0.420. The molecule has 0 radical (unpaired) electrons. The lowest BCUT2D eigenvalue weighted by Gasteiger charge is -2.24. The van der Waals surface area contributed by atoms with Crippen molar-refractivity contribution in [1.82, 2.24) is 15.8 Å². The Bertz CT molecular complexity index is 803. The fraction of sp³-hybridized carbons (Fsp3) is 0.391. The number of benzene rings is 2. The van der Waals surface area contributed by atoms with E-state index in [-0.39, 0.29) is 12.5 Å². The van der Waals surface area contributed by atoms with Gasteiger partial charge in [0.2, 0.25) is 0 Å². The molecule has 0 bridgehead atoms. The molecule has 2 rings (SSSR count). The van der Waals surface area contributed by atoms with Crippen LogP contribution in [0.25, 0.3) is 0 Å². The van der Waals surface area contributed by atoms with Gasteiger partial charge >= 0.3 is 0 Å². The number of hydrogen-bond acceptors (Lipinski definition) is 4. The van der Waals surface area contributed by atoms with Gasteiger partial charge in [-0.05, 0) is 56.1 Å². The molecule has 0 fully saturated rings. The predicted molar refractivity (Wildman–Crippen MR) is 115 cm³/mol. The summed E-state index contributed by atoms with van der Waals surface area (Å²) >= 11 is 0. The van der Waals surface area contributed by atoms with Crippen LogP contribution in [0.15, 0.2) is 48.5 Å². The van der Waals surface area contributed by atoms with Gasteiger partial charge in [-0.25, -0.2) is 0 Å². The second-order valence-electron chi connectivity index (χ2n) is 7.11. The Labute approximate surface area is 173 Å². The van der Waals surface area contributed by atoms with E-state index in [4.69, 9.17) is 4.74 Å². The van der Waals surface area contributed by atoms with Gasteiger partial charge in [-0.2, -0.15) is 0 Å². The van der Waals surface area contributed by atoms with Crippen molar-refractivity contribution in [2.45, 2.75) is 46.7 Å². The van der Waals surface area contributed by atoms with Crippen molar-refractivity contribution in [2.75, 3.05) is 13.2 Å². The summed E-state index contributed by atoms with van der Waals surface area (Å²) in [6.45, 7) is 10.1. The fourth-order valence-corrected chi connectivity index (χ4v) is 2.97. The van der Waals surface area contributed by atoms with Crippen molar-refractivity contribution in [3.8, 4) is 5.75 Å². The SMILES string of the molecule is CCc1ccccc1OCC(=O)NNC(=O)c1ccc(CN(CC)C(C)C)cc1. The molecule has 2 aromatic carbocycles. The molecular weight excluding hydrogens is 366 g/mol. The molecule has 0 aliphatic heterocycles. The van der Waals surface area contributed by atoms with E-state index in [0.717, 1.165) is 30.6 Å². The monoisotopic (exact) mass is 397 g/mol. The largest absolute Gasteiger partial charge is 0.483 e. The summed E-state index contributed by atoms with van der Waals surface area (Å²) in [6.07, 6.45) is 0.817. The smallest absolute Gasteiger partial charge is 0.276 e. The number of amides is 2. The minimum absolute atomic E-state index is 0.168. The molecule has 0 aromatic heterocycles. The van der Waals surface area contributed by atoms with Gasteiger partial charge in [0, 0.05) is 18.2 Å². The highest BCUT2D eigenvalue weighted by Crippen LogP contribution is 2.17. The second-order valence-corrected chi connectivity index (χ2v) is 7.11. The lowest BCUT2D eigenvalue weighted by molar-refractivity contribution is -0.123. The summed E-state index contributed by atoms with van der Waals surface area (Å²) < 4.78 is 5.54. The zero-order valence-corrected chi connectivity index (χ0v) is 17.7. The normalized spacial score (nSPS) is 10.8. The van der Waals surface area contributed by atoms with Crippen molar-refractivity contribution in [1.29, 1.82) is 0 Å². The summed E-state index contributed by atoms with van der Waals surface area (Å²) in [5.41, 5.74) is 7.47. The summed E-state index contributed by atoms with van der Waals surface area (Å²) in [5, 5.41) is 0. The summed E-state index contributed by atoms with van der Waals surface area (Å²) in [7, 11) is 0. The maximum absolute atomic E-state index is 12.2. The van der Waals surface area contributed by atoms with E-state index in [9.17, 15) is 9.59 Å². The van der Waals surface area contributed by atoms with Crippen molar-refractivity contribution < 1.29 is 14.3 Å². The molecule has 6 heteroatoms. The third-order valence-corrected chi connectivity index (χ3v) is 4.77. The third-order valence-electron chi connectivity index (χ3n) is 4.77. The van der Waals surface area contributed by atoms with Crippen molar-refractivity contribution in [3.63, 3.8) is 0 Å². The van der Waals surface area contributed by atoms with Crippen molar-refractivity contribution in [2.24, 2.45) is 0 Å². The Kier molecular flexibility index (Phi) is 8.68. The van der Waals surface area contributed by atoms with Crippen LogP contribution in [-0.2, 0) is 17.8 Å². The first-order valence-electron chi connectivity index (χ1n) is 10.1. The van der Waals surface area contributed by atoms with E-state index in [0.29, 0.717) is 17.4 Å². The number of para-hydroxylation sites is 1. The summed E-state index contributed by atoms with van der Waals surface area (Å²) in [6, 6.07) is 15.4. The average Bonchev–Trinajstić information content (AvgIpc) is 2.74. The van der Waals surface area contributed by atoms with E-state index in [2.05, 4.69) is 36.5 Å². The molecular formula is C23H31N3O3. The maximum atomic E-state index is 12.2. The van der Waals surface area contributed by atoms with E-state index < -0.39 is 5.91 Å². The average molecular weight is 398 g/mol. The van der Waals surface area contributed by atoms with Gasteiger partial charge in [0.25, 0.3) is 11.8 Å². The molecule has 0 spiro atoms. The van der Waals surface area contributed by atoms with Gasteiger partial charge in [-0.15, -0.1) is 0 Å². The number of nitrogens with zero attached hydrogens (tertiary/aromatic N) is 1. The maximum Gasteiger partial charge on any atom is 0.276 e. The van der Waals surface area contributed by atoms with E-state index >= 15 is 0 Å². The fourth-order valence-electron chi connectivity index (χ4n) is 2.97. The van der Waals surface area contributed by atoms with Gasteiger partial charge in [-0.3, -0.25) is 25.3 Å². The van der Waals surface area contributed by atoms with Crippen LogP contribution in [-0.4, -0.2) is 35.9 Å². The molecule has 2 amide bonds. The lowest BCUT2D eigenvalue weighted by Crippen LogP contribution is -2.43. The molecule has 0 saturated carbocycles. The van der Waals surface area contributed by atoms with Crippen LogP contribution in [0.3, 0.4) is 0 Å². The summed E-state index contributed by atoms with van der Waals surface area (Å²) in [5.74, 6) is -0.110. The van der Waals surface area contributed by atoms with Crippen LogP contribution < -0.4 is 15.6 Å². The number of hydrogen-bond donors (Lipinski definition) is 2. The Morgan fingerprint density at radius 1 is 1.00 bits per heavy atom. The lowest BCUT2D eigenvalue weighted by atomic mass is 10.1. The quantitative estimate of drug-likeness (QED) is 0.637. The highest BCUT2D eigenvalue weighted by Gasteiger charge is 2.11. The Hall–Kier alpha value is -2.86. The molecule has 0 atom stereocenters. The van der Waals surface area contributed by atoms with Crippen LogP contribution in [0.2, 0.25) is 0 Å². The standard InChI is InChI=1S/C23H31N3O3/c1-5-19-9-7-8-10-21(19)29-16-22(27)24-25-23(28)20-13-11-18(12-14-20)15-26(6-2)17(3)4/h7-14,17H,5-6,15-16H2,1-4H3,(H,24,27)(H,25,28). The van der Waals surface area contributed by atoms with Crippen LogP contribution in [0, 0.1) is 0 Å². The van der Waals surface area contributed by atoms with Crippen LogP contribution in [0.4, 0.5) is 0 Å². The van der Waals surface area contributed by atoms with Gasteiger partial charge < -0.3 is 4.74 Å². The predicted octanol–water partition coefficient (Wildman–Crippen LogP) is 3.32. The zero-order valence-electron chi connectivity index (χ0n) is 17.7. The van der Waals surface area contributed by atoms with Crippen LogP contribution >= 0.6 is 0 Å². The Morgan fingerprint density at radius 3 is 2.31 bits per heavy atom. The second kappa shape index (κ2) is 11.2. The number of carbonyl (C=O) groups excluding carboxylic acids is 2. The van der Waals surface area contributed by atoms with Crippen molar-refractivity contribution in [3.05, 3.63) is 65.2 Å². The first-order chi connectivity index (χ1) is 13.9. The summed E-state index contributed by atoms with van der Waals surface area (Å²) in [4.78, 5) is 26.6. The van der Waals surface area contributed by atoms with E-state index in [1.807, 2.05) is 43.3 Å². The van der Waals surface area contributed by atoms with Crippen LogP contribution in [0.5, 0.6) is 5.75 Å². The molecule has 0 saturated heterocycles. The number of nitrogens with one attached hydrogen (secondary N) is 2. The number of aryl methyl sites for hydroxylation is 1. The molecule has 0 aliphatic carbocycles. The Morgan fingerprint density at radius 2 is 1.69 bits per heavy atom. The zero-order chi connectivity index (χ0) is 21.2. The topological polar surface area (TPSA) is 70.7 Å². The molecule has 0 heterocycles. The molecule has 0 unspecified atom stereocenters. The first kappa shape index (κ1) is 22.4. The van der Waals surface area contributed by atoms with Gasteiger partial charge in [0.15, 0.2) is 6.61 Å². The Balaban J connectivity index is 1.81. The highest BCUT2D eigenvalue weighted by molar-refractivity contribution is 5.95. The number of hydrazine groups is 1. The molecule has 156 valence electrons. The molecule has 2 aromatic rings.